The van der Waals surface area contributed by atoms with Crippen molar-refractivity contribution in [1.82, 2.24) is 0 Å². The number of nitrogens with zero attached hydrogens (tertiary/aromatic N) is 1. The lowest BCUT2D eigenvalue weighted by molar-refractivity contribution is -0.117. The Morgan fingerprint density at radius 1 is 1.23 bits per heavy atom. The van der Waals surface area contributed by atoms with Gasteiger partial charge in [-0.3, -0.25) is 4.79 Å². The minimum Gasteiger partial charge on any atom is -0.366 e. The number of amides is 1. The molecule has 1 aliphatic heterocycles. The highest BCUT2D eigenvalue weighted by molar-refractivity contribution is 7.12. The first-order valence-corrected chi connectivity index (χ1v) is 10.1. The number of carbonyl (C=O) groups excluding carboxylic acids is 1. The number of fused-ring (bicyclic) bond motifs is 1. The molecule has 4 rings (SSSR count). The second-order valence-electron chi connectivity index (χ2n) is 7.81. The van der Waals surface area contributed by atoms with Crippen LogP contribution in [0.3, 0.4) is 0 Å². The van der Waals surface area contributed by atoms with Crippen LogP contribution in [0.15, 0.2) is 18.2 Å². The van der Waals surface area contributed by atoms with Crippen LogP contribution in [0.25, 0.3) is 0 Å². The van der Waals surface area contributed by atoms with E-state index in [1.165, 1.54) is 21.0 Å². The van der Waals surface area contributed by atoms with Gasteiger partial charge in [0.2, 0.25) is 5.91 Å². The highest BCUT2D eigenvalue weighted by atomic mass is 32.1. The van der Waals surface area contributed by atoms with Crippen molar-refractivity contribution in [1.29, 1.82) is 0 Å². The van der Waals surface area contributed by atoms with E-state index in [4.69, 9.17) is 0 Å². The molecule has 1 aliphatic carbocycles. The summed E-state index contributed by atoms with van der Waals surface area (Å²) >= 11 is 1.89. The van der Waals surface area contributed by atoms with E-state index in [1.54, 1.807) is 0 Å². The van der Waals surface area contributed by atoms with Gasteiger partial charge in [0.05, 0.1) is 13.0 Å². The maximum atomic E-state index is 13.8. The van der Waals surface area contributed by atoms with Crippen LogP contribution in [0, 0.1) is 20.8 Å². The second kappa shape index (κ2) is 6.38. The summed E-state index contributed by atoms with van der Waals surface area (Å²) in [6.45, 7) is 8.15. The van der Waals surface area contributed by atoms with Crippen LogP contribution >= 0.6 is 11.3 Å². The van der Waals surface area contributed by atoms with E-state index in [9.17, 15) is 9.18 Å². The molecule has 0 saturated heterocycles. The zero-order chi connectivity index (χ0) is 18.5. The summed E-state index contributed by atoms with van der Waals surface area (Å²) in [4.78, 5) is 17.4. The van der Waals surface area contributed by atoms with Gasteiger partial charge in [-0.05, 0) is 74.9 Å². The van der Waals surface area contributed by atoms with Crippen LogP contribution in [0.5, 0.6) is 0 Å². The summed E-state index contributed by atoms with van der Waals surface area (Å²) in [5, 5.41) is 2.93. The van der Waals surface area contributed by atoms with Crippen LogP contribution < -0.4 is 10.2 Å². The fraction of sp³-hybridized carbons (Fsp3) is 0.476. The van der Waals surface area contributed by atoms with E-state index >= 15 is 0 Å². The Labute approximate surface area is 158 Å². The van der Waals surface area contributed by atoms with Gasteiger partial charge in [0.25, 0.3) is 0 Å². The number of hydrogen-bond acceptors (Lipinski definition) is 3. The monoisotopic (exact) mass is 372 g/mol. The minimum atomic E-state index is -1.25. The van der Waals surface area contributed by atoms with E-state index in [0.29, 0.717) is 12.8 Å². The third kappa shape index (κ3) is 3.50. The molecule has 1 amide bonds. The standard InChI is InChI=1S/C21H25FN2OS/c1-13-8-17(24-7-4-16-10-15(3)26-18(16)12-24)9-14(2)20(13)23-19(25)11-21(22)5-6-21/h8-10H,4-7,11-12H2,1-3H3,(H,23,25). The molecule has 1 aromatic carbocycles. The number of aryl methyl sites for hydroxylation is 3. The zero-order valence-electron chi connectivity index (χ0n) is 15.6. The molecule has 1 fully saturated rings. The molecule has 0 unspecified atom stereocenters. The highest BCUT2D eigenvalue weighted by Gasteiger charge is 2.44. The Bertz CT molecular complexity index is 846. The summed E-state index contributed by atoms with van der Waals surface area (Å²) in [6, 6.07) is 6.58. The van der Waals surface area contributed by atoms with E-state index in [0.717, 1.165) is 36.3 Å². The average molecular weight is 373 g/mol. The number of rotatable bonds is 4. The van der Waals surface area contributed by atoms with E-state index in [2.05, 4.69) is 35.3 Å². The number of alkyl halides is 1. The first-order valence-electron chi connectivity index (χ1n) is 9.26. The van der Waals surface area contributed by atoms with Gasteiger partial charge in [-0.25, -0.2) is 4.39 Å². The molecule has 1 saturated carbocycles. The van der Waals surface area contributed by atoms with Gasteiger partial charge in [-0.1, -0.05) is 0 Å². The van der Waals surface area contributed by atoms with Gasteiger partial charge in [0.1, 0.15) is 5.67 Å². The fourth-order valence-electron chi connectivity index (χ4n) is 3.79. The Morgan fingerprint density at radius 2 is 1.92 bits per heavy atom. The number of halogens is 1. The largest absolute Gasteiger partial charge is 0.366 e. The molecular weight excluding hydrogens is 347 g/mol. The Balaban J connectivity index is 1.51. The lowest BCUT2D eigenvalue weighted by Crippen LogP contribution is -2.29. The third-order valence-electron chi connectivity index (χ3n) is 5.42. The summed E-state index contributed by atoms with van der Waals surface area (Å²) in [5.74, 6) is -0.222. The summed E-state index contributed by atoms with van der Waals surface area (Å²) in [5.41, 5.74) is 4.32. The average Bonchev–Trinajstić information content (AvgIpc) is 3.16. The second-order valence-corrected chi connectivity index (χ2v) is 9.15. The van der Waals surface area contributed by atoms with Crippen molar-refractivity contribution < 1.29 is 9.18 Å². The van der Waals surface area contributed by atoms with Crippen molar-refractivity contribution in [3.05, 3.63) is 44.6 Å². The van der Waals surface area contributed by atoms with Crippen molar-refractivity contribution in [2.24, 2.45) is 0 Å². The van der Waals surface area contributed by atoms with Gasteiger partial charge in [-0.2, -0.15) is 0 Å². The maximum Gasteiger partial charge on any atom is 0.227 e. The number of nitrogens with one attached hydrogen (secondary N) is 1. The Morgan fingerprint density at radius 3 is 2.58 bits per heavy atom. The van der Waals surface area contributed by atoms with Crippen LogP contribution in [-0.4, -0.2) is 18.1 Å². The molecule has 1 N–H and O–H groups in total. The number of benzene rings is 1. The molecule has 0 atom stereocenters. The quantitative estimate of drug-likeness (QED) is 0.813. The minimum absolute atomic E-state index is 0.0275. The molecule has 2 heterocycles. The molecule has 0 spiro atoms. The lowest BCUT2D eigenvalue weighted by Gasteiger charge is -2.30. The normalized spacial score (nSPS) is 17.8. The summed E-state index contributed by atoms with van der Waals surface area (Å²) in [6.07, 6.45) is 2.07. The van der Waals surface area contributed by atoms with Gasteiger partial charge in [0.15, 0.2) is 0 Å². The predicted molar refractivity (Wildman–Crippen MR) is 106 cm³/mol. The number of thiophene rings is 1. The Hall–Kier alpha value is -1.88. The number of hydrogen-bond donors (Lipinski definition) is 1. The predicted octanol–water partition coefficient (Wildman–Crippen LogP) is 5.07. The van der Waals surface area contributed by atoms with Crippen LogP contribution in [0.2, 0.25) is 0 Å². The van der Waals surface area contributed by atoms with E-state index in [-0.39, 0.29) is 12.3 Å². The molecule has 138 valence electrons. The van der Waals surface area contributed by atoms with Gasteiger partial charge in [-0.15, -0.1) is 11.3 Å². The molecule has 1 aromatic heterocycles. The van der Waals surface area contributed by atoms with Crippen molar-refractivity contribution in [2.45, 2.75) is 58.7 Å². The van der Waals surface area contributed by atoms with Crippen LogP contribution in [-0.2, 0) is 17.8 Å². The van der Waals surface area contributed by atoms with Crippen molar-refractivity contribution in [3.63, 3.8) is 0 Å². The summed E-state index contributed by atoms with van der Waals surface area (Å²) in [7, 11) is 0. The van der Waals surface area contributed by atoms with Crippen molar-refractivity contribution in [2.75, 3.05) is 16.8 Å². The number of carbonyl (C=O) groups is 1. The van der Waals surface area contributed by atoms with E-state index < -0.39 is 5.67 Å². The van der Waals surface area contributed by atoms with E-state index in [1.807, 2.05) is 25.2 Å². The fourth-order valence-corrected chi connectivity index (χ4v) is 4.90. The van der Waals surface area contributed by atoms with Crippen molar-refractivity contribution in [3.8, 4) is 0 Å². The molecule has 0 radical (unpaired) electrons. The molecule has 3 nitrogen and oxygen atoms in total. The van der Waals surface area contributed by atoms with Crippen LogP contribution in [0.1, 0.15) is 45.7 Å². The maximum absolute atomic E-state index is 13.8. The highest BCUT2D eigenvalue weighted by Crippen LogP contribution is 2.43. The molecule has 2 aromatic rings. The summed E-state index contributed by atoms with van der Waals surface area (Å²) < 4.78 is 13.8. The zero-order valence-corrected chi connectivity index (χ0v) is 16.4. The first-order chi connectivity index (χ1) is 12.3. The molecule has 5 heteroatoms. The smallest absolute Gasteiger partial charge is 0.227 e. The Kier molecular flexibility index (Phi) is 4.30. The topological polar surface area (TPSA) is 32.3 Å². The SMILES string of the molecule is Cc1cc2c(s1)CN(c1cc(C)c(NC(=O)CC3(F)CC3)c(C)c1)CC2. The van der Waals surface area contributed by atoms with Gasteiger partial charge >= 0.3 is 0 Å². The lowest BCUT2D eigenvalue weighted by atomic mass is 10.0. The molecule has 2 aliphatic rings. The number of anilines is 2. The molecule has 0 bridgehead atoms. The molecule has 26 heavy (non-hydrogen) atoms. The molecular formula is C21H25FN2OS. The van der Waals surface area contributed by atoms with Crippen molar-refractivity contribution >= 4 is 28.6 Å². The van der Waals surface area contributed by atoms with Gasteiger partial charge in [0, 0.05) is 27.7 Å². The van der Waals surface area contributed by atoms with Crippen LogP contribution in [0.4, 0.5) is 15.8 Å². The first kappa shape index (κ1) is 17.5. The third-order valence-corrected chi connectivity index (χ3v) is 6.50. The van der Waals surface area contributed by atoms with Gasteiger partial charge < -0.3 is 10.2 Å².